The van der Waals surface area contributed by atoms with Gasteiger partial charge in [0.15, 0.2) is 0 Å². The van der Waals surface area contributed by atoms with Gasteiger partial charge < -0.3 is 4.74 Å². The van der Waals surface area contributed by atoms with Crippen molar-refractivity contribution in [2.75, 3.05) is 6.61 Å². The van der Waals surface area contributed by atoms with E-state index in [1.54, 1.807) is 0 Å². The van der Waals surface area contributed by atoms with Crippen LogP contribution in [0.4, 0.5) is 0 Å². The summed E-state index contributed by atoms with van der Waals surface area (Å²) >= 11 is 0. The SMILES string of the molecule is CCCOc1c(C(C)C)cccc1C(C)(C)C. The summed E-state index contributed by atoms with van der Waals surface area (Å²) in [6.45, 7) is 14.1. The van der Waals surface area contributed by atoms with Crippen molar-refractivity contribution in [2.24, 2.45) is 0 Å². The molecule has 1 aromatic carbocycles. The summed E-state index contributed by atoms with van der Waals surface area (Å²) in [5.74, 6) is 1.61. The maximum atomic E-state index is 6.01. The lowest BCUT2D eigenvalue weighted by Crippen LogP contribution is -2.15. The summed E-state index contributed by atoms with van der Waals surface area (Å²) in [7, 11) is 0. The van der Waals surface area contributed by atoms with E-state index in [0.717, 1.165) is 18.8 Å². The molecule has 0 bridgehead atoms. The maximum Gasteiger partial charge on any atom is 0.126 e. The number of rotatable bonds is 4. The third-order valence-corrected chi connectivity index (χ3v) is 2.93. The van der Waals surface area contributed by atoms with Crippen LogP contribution in [0.5, 0.6) is 5.75 Å². The molecular weight excluding hydrogens is 208 g/mol. The highest BCUT2D eigenvalue weighted by molar-refractivity contribution is 5.46. The first kappa shape index (κ1) is 14.1. The molecule has 0 fully saturated rings. The minimum Gasteiger partial charge on any atom is -0.493 e. The molecule has 0 radical (unpaired) electrons. The molecular formula is C16H26O. The van der Waals surface area contributed by atoms with E-state index in [2.05, 4.69) is 59.7 Å². The van der Waals surface area contributed by atoms with Crippen molar-refractivity contribution < 1.29 is 4.74 Å². The summed E-state index contributed by atoms with van der Waals surface area (Å²) in [5, 5.41) is 0. The number of ether oxygens (including phenoxy) is 1. The molecule has 1 heteroatoms. The van der Waals surface area contributed by atoms with Crippen molar-refractivity contribution in [3.05, 3.63) is 29.3 Å². The largest absolute Gasteiger partial charge is 0.493 e. The number of para-hydroxylation sites is 1. The van der Waals surface area contributed by atoms with Crippen molar-refractivity contribution >= 4 is 0 Å². The van der Waals surface area contributed by atoms with Gasteiger partial charge in [0, 0.05) is 0 Å². The average Bonchev–Trinajstić information content (AvgIpc) is 2.24. The zero-order chi connectivity index (χ0) is 13.1. The first-order valence-electron chi connectivity index (χ1n) is 6.64. The van der Waals surface area contributed by atoms with E-state index in [1.165, 1.54) is 11.1 Å². The van der Waals surface area contributed by atoms with Gasteiger partial charge in [-0.3, -0.25) is 0 Å². The summed E-state index contributed by atoms with van der Waals surface area (Å²) < 4.78 is 6.01. The van der Waals surface area contributed by atoms with Crippen LogP contribution in [0.15, 0.2) is 18.2 Å². The quantitative estimate of drug-likeness (QED) is 0.720. The van der Waals surface area contributed by atoms with Crippen LogP contribution < -0.4 is 4.74 Å². The second-order valence-electron chi connectivity index (χ2n) is 5.98. The molecule has 0 heterocycles. The van der Waals surface area contributed by atoms with E-state index in [9.17, 15) is 0 Å². The average molecular weight is 234 g/mol. The van der Waals surface area contributed by atoms with Crippen LogP contribution in [0.25, 0.3) is 0 Å². The Morgan fingerprint density at radius 3 is 2.29 bits per heavy atom. The standard InChI is InChI=1S/C16H26O/c1-7-11-17-15-13(12(2)3)9-8-10-14(15)16(4,5)6/h8-10,12H,7,11H2,1-6H3. The van der Waals surface area contributed by atoms with Crippen LogP contribution in [0.2, 0.25) is 0 Å². The molecule has 1 aromatic rings. The molecule has 0 atom stereocenters. The lowest BCUT2D eigenvalue weighted by atomic mass is 9.84. The van der Waals surface area contributed by atoms with Gasteiger partial charge in [0.05, 0.1) is 6.61 Å². The van der Waals surface area contributed by atoms with Crippen LogP contribution >= 0.6 is 0 Å². The van der Waals surface area contributed by atoms with Gasteiger partial charge in [0.2, 0.25) is 0 Å². The Kier molecular flexibility index (Phi) is 4.62. The summed E-state index contributed by atoms with van der Waals surface area (Å²) in [5.41, 5.74) is 2.77. The molecule has 0 amide bonds. The lowest BCUT2D eigenvalue weighted by molar-refractivity contribution is 0.304. The summed E-state index contributed by atoms with van der Waals surface area (Å²) in [6.07, 6.45) is 1.05. The van der Waals surface area contributed by atoms with E-state index in [4.69, 9.17) is 4.74 Å². The molecule has 17 heavy (non-hydrogen) atoms. The Bertz CT molecular complexity index is 358. The molecule has 0 N–H and O–H groups in total. The Hall–Kier alpha value is -0.980. The lowest BCUT2D eigenvalue weighted by Gasteiger charge is -2.26. The maximum absolute atomic E-state index is 6.01. The minimum atomic E-state index is 0.133. The molecule has 96 valence electrons. The van der Waals surface area contributed by atoms with Gasteiger partial charge in [0.1, 0.15) is 5.75 Å². The van der Waals surface area contributed by atoms with Crippen LogP contribution in [0.3, 0.4) is 0 Å². The van der Waals surface area contributed by atoms with E-state index in [-0.39, 0.29) is 5.41 Å². The van der Waals surface area contributed by atoms with E-state index in [0.29, 0.717) is 5.92 Å². The monoisotopic (exact) mass is 234 g/mol. The highest BCUT2D eigenvalue weighted by atomic mass is 16.5. The predicted octanol–water partition coefficient (Wildman–Crippen LogP) is 4.90. The highest BCUT2D eigenvalue weighted by Crippen LogP contribution is 2.37. The Labute approximate surface area is 106 Å². The first-order chi connectivity index (χ1) is 7.88. The number of hydrogen-bond acceptors (Lipinski definition) is 1. The summed E-state index contributed by atoms with van der Waals surface area (Å²) in [4.78, 5) is 0. The molecule has 0 unspecified atom stereocenters. The fourth-order valence-electron chi connectivity index (χ4n) is 1.97. The zero-order valence-electron chi connectivity index (χ0n) is 12.1. The van der Waals surface area contributed by atoms with Crippen LogP contribution in [0.1, 0.15) is 65.0 Å². The smallest absolute Gasteiger partial charge is 0.126 e. The topological polar surface area (TPSA) is 9.23 Å². The van der Waals surface area contributed by atoms with Gasteiger partial charge in [-0.2, -0.15) is 0 Å². The molecule has 0 aliphatic rings. The molecule has 1 rings (SSSR count). The third kappa shape index (κ3) is 3.49. The van der Waals surface area contributed by atoms with Gasteiger partial charge >= 0.3 is 0 Å². The fourth-order valence-corrected chi connectivity index (χ4v) is 1.97. The molecule has 0 aliphatic heterocycles. The molecule has 0 spiro atoms. The van der Waals surface area contributed by atoms with Gasteiger partial charge in [0.25, 0.3) is 0 Å². The van der Waals surface area contributed by atoms with Gasteiger partial charge in [-0.1, -0.05) is 59.7 Å². The molecule has 0 saturated carbocycles. The second-order valence-corrected chi connectivity index (χ2v) is 5.98. The molecule has 0 aliphatic carbocycles. The molecule has 0 aromatic heterocycles. The molecule has 1 nitrogen and oxygen atoms in total. The third-order valence-electron chi connectivity index (χ3n) is 2.93. The predicted molar refractivity (Wildman–Crippen MR) is 75.0 cm³/mol. The Balaban J connectivity index is 3.24. The molecule has 0 saturated heterocycles. The normalized spacial score (nSPS) is 11.9. The van der Waals surface area contributed by atoms with Crippen LogP contribution in [-0.4, -0.2) is 6.61 Å². The van der Waals surface area contributed by atoms with Crippen molar-refractivity contribution in [3.8, 4) is 5.75 Å². The van der Waals surface area contributed by atoms with E-state index in [1.807, 2.05) is 0 Å². The van der Waals surface area contributed by atoms with Crippen molar-refractivity contribution in [3.63, 3.8) is 0 Å². The van der Waals surface area contributed by atoms with Gasteiger partial charge in [-0.15, -0.1) is 0 Å². The second kappa shape index (κ2) is 5.57. The van der Waals surface area contributed by atoms with Crippen LogP contribution in [-0.2, 0) is 5.41 Å². The zero-order valence-corrected chi connectivity index (χ0v) is 12.1. The Morgan fingerprint density at radius 1 is 1.18 bits per heavy atom. The summed E-state index contributed by atoms with van der Waals surface area (Å²) in [6, 6.07) is 6.52. The number of benzene rings is 1. The highest BCUT2D eigenvalue weighted by Gasteiger charge is 2.22. The van der Waals surface area contributed by atoms with Gasteiger partial charge in [-0.05, 0) is 28.9 Å². The van der Waals surface area contributed by atoms with E-state index >= 15 is 0 Å². The minimum absolute atomic E-state index is 0.133. The number of hydrogen-bond donors (Lipinski definition) is 0. The fraction of sp³-hybridized carbons (Fsp3) is 0.625. The Morgan fingerprint density at radius 2 is 1.82 bits per heavy atom. The van der Waals surface area contributed by atoms with Crippen molar-refractivity contribution in [1.82, 2.24) is 0 Å². The van der Waals surface area contributed by atoms with Crippen molar-refractivity contribution in [2.45, 2.75) is 59.3 Å². The van der Waals surface area contributed by atoms with Crippen molar-refractivity contribution in [1.29, 1.82) is 0 Å². The van der Waals surface area contributed by atoms with E-state index < -0.39 is 0 Å². The first-order valence-corrected chi connectivity index (χ1v) is 6.64. The van der Waals surface area contributed by atoms with Gasteiger partial charge in [-0.25, -0.2) is 0 Å². The van der Waals surface area contributed by atoms with Crippen LogP contribution in [0, 0.1) is 0 Å².